The molecule has 0 aromatic heterocycles. The van der Waals surface area contributed by atoms with Crippen LogP contribution in [0, 0.1) is 5.92 Å². The SMILES string of the molecule is C=NNC(C(=O)NCC)N(Cc1cc(C(C)C)c(O)cc1O)c1ccc(CN2CCC(C)CC2)cc1. The summed E-state index contributed by atoms with van der Waals surface area (Å²) in [5.41, 5.74) is 6.18. The van der Waals surface area contributed by atoms with Crippen LogP contribution in [-0.4, -0.2) is 53.5 Å². The molecule has 0 saturated carbocycles. The Morgan fingerprint density at radius 2 is 1.83 bits per heavy atom. The number of hydrazone groups is 1. The van der Waals surface area contributed by atoms with E-state index in [9.17, 15) is 15.0 Å². The van der Waals surface area contributed by atoms with Crippen molar-refractivity contribution in [3.05, 3.63) is 53.1 Å². The number of hydrogen-bond acceptors (Lipinski definition) is 7. The quantitative estimate of drug-likeness (QED) is 0.213. The maximum Gasteiger partial charge on any atom is 0.264 e. The Labute approximate surface area is 215 Å². The molecule has 0 spiro atoms. The van der Waals surface area contributed by atoms with E-state index in [1.165, 1.54) is 24.5 Å². The Balaban J connectivity index is 1.92. The lowest BCUT2D eigenvalue weighted by Gasteiger charge is -2.33. The lowest BCUT2D eigenvalue weighted by Crippen LogP contribution is -2.53. The number of piperidine rings is 1. The molecule has 8 heteroatoms. The molecule has 1 aliphatic heterocycles. The van der Waals surface area contributed by atoms with Gasteiger partial charge in [0.05, 0.1) is 0 Å². The van der Waals surface area contributed by atoms with E-state index in [4.69, 9.17) is 0 Å². The van der Waals surface area contributed by atoms with Gasteiger partial charge in [0.1, 0.15) is 11.5 Å². The van der Waals surface area contributed by atoms with E-state index < -0.39 is 6.17 Å². The zero-order chi connectivity index (χ0) is 26.2. The van der Waals surface area contributed by atoms with Crippen LogP contribution >= 0.6 is 0 Å². The van der Waals surface area contributed by atoms with Crippen LogP contribution in [0.1, 0.15) is 63.1 Å². The third-order valence-electron chi connectivity index (χ3n) is 6.87. The number of nitrogens with zero attached hydrogens (tertiary/aromatic N) is 3. The molecule has 4 N–H and O–H groups in total. The van der Waals surface area contributed by atoms with E-state index in [0.29, 0.717) is 12.1 Å². The van der Waals surface area contributed by atoms with Crippen molar-refractivity contribution in [2.45, 2.75) is 65.7 Å². The van der Waals surface area contributed by atoms with Gasteiger partial charge in [-0.3, -0.25) is 15.1 Å². The fourth-order valence-corrected chi connectivity index (χ4v) is 4.64. The molecule has 1 aliphatic rings. The summed E-state index contributed by atoms with van der Waals surface area (Å²) >= 11 is 0. The second-order valence-electron chi connectivity index (χ2n) is 10.0. The lowest BCUT2D eigenvalue weighted by atomic mass is 9.98. The van der Waals surface area contributed by atoms with Gasteiger partial charge in [0, 0.05) is 43.7 Å². The first-order chi connectivity index (χ1) is 17.2. The monoisotopic (exact) mass is 495 g/mol. The molecule has 1 heterocycles. The zero-order valence-electron chi connectivity index (χ0n) is 22.0. The largest absolute Gasteiger partial charge is 0.508 e. The highest BCUT2D eigenvalue weighted by molar-refractivity contribution is 5.85. The molecular formula is C28H41N5O3. The average Bonchev–Trinajstić information content (AvgIpc) is 2.84. The van der Waals surface area contributed by atoms with Gasteiger partial charge in [-0.15, -0.1) is 0 Å². The first-order valence-electron chi connectivity index (χ1n) is 12.8. The number of hydrogen-bond donors (Lipinski definition) is 4. The van der Waals surface area contributed by atoms with Crippen LogP contribution in [0.2, 0.25) is 0 Å². The molecule has 0 bridgehead atoms. The molecule has 1 atom stereocenters. The Morgan fingerprint density at radius 1 is 1.17 bits per heavy atom. The van der Waals surface area contributed by atoms with Crippen molar-refractivity contribution in [1.82, 2.24) is 15.6 Å². The Bertz CT molecular complexity index is 1020. The number of carbonyl (C=O) groups is 1. The van der Waals surface area contributed by atoms with Crippen molar-refractivity contribution >= 4 is 18.3 Å². The Hall–Kier alpha value is -3.26. The van der Waals surface area contributed by atoms with Gasteiger partial charge in [0.15, 0.2) is 6.17 Å². The molecule has 1 saturated heterocycles. The van der Waals surface area contributed by atoms with Crippen molar-refractivity contribution in [3.8, 4) is 11.5 Å². The van der Waals surface area contributed by atoms with Crippen LogP contribution < -0.4 is 15.6 Å². The molecule has 36 heavy (non-hydrogen) atoms. The second kappa shape index (κ2) is 12.6. The van der Waals surface area contributed by atoms with Crippen LogP contribution in [-0.2, 0) is 17.9 Å². The van der Waals surface area contributed by atoms with Crippen molar-refractivity contribution in [3.63, 3.8) is 0 Å². The fraction of sp³-hybridized carbons (Fsp3) is 0.500. The molecule has 2 aromatic rings. The molecule has 0 radical (unpaired) electrons. The highest BCUT2D eigenvalue weighted by atomic mass is 16.3. The molecule has 196 valence electrons. The molecular weight excluding hydrogens is 454 g/mol. The van der Waals surface area contributed by atoms with E-state index in [-0.39, 0.29) is 29.9 Å². The van der Waals surface area contributed by atoms with Crippen LogP contribution in [0.3, 0.4) is 0 Å². The summed E-state index contributed by atoms with van der Waals surface area (Å²) in [6.45, 7) is 15.5. The van der Waals surface area contributed by atoms with Gasteiger partial charge >= 0.3 is 0 Å². The minimum atomic E-state index is -0.840. The van der Waals surface area contributed by atoms with Crippen molar-refractivity contribution in [1.29, 1.82) is 0 Å². The van der Waals surface area contributed by atoms with Crippen LogP contribution in [0.15, 0.2) is 41.5 Å². The van der Waals surface area contributed by atoms with Crippen molar-refractivity contribution < 1.29 is 15.0 Å². The number of phenolic OH excluding ortho intramolecular Hbond substituents is 2. The maximum atomic E-state index is 13.0. The summed E-state index contributed by atoms with van der Waals surface area (Å²) in [6.07, 6.45) is 1.62. The van der Waals surface area contributed by atoms with Crippen LogP contribution in [0.4, 0.5) is 5.69 Å². The molecule has 3 rings (SSSR count). The Morgan fingerprint density at radius 3 is 2.42 bits per heavy atom. The van der Waals surface area contributed by atoms with Gasteiger partial charge in [-0.25, -0.2) is 0 Å². The number of likely N-dealkylation sites (tertiary alicyclic amines) is 1. The highest BCUT2D eigenvalue weighted by Gasteiger charge is 2.27. The predicted molar refractivity (Wildman–Crippen MR) is 145 cm³/mol. The Kier molecular flexibility index (Phi) is 9.58. The fourth-order valence-electron chi connectivity index (χ4n) is 4.64. The standard InChI is InChI=1S/C28H41N5O3/c1-6-30-28(36)27(31-29-5)33(18-22-15-24(19(2)3)26(35)16-25(22)34)23-9-7-21(8-10-23)17-32-13-11-20(4)12-14-32/h7-10,15-16,19-20,27,31,34-35H,5-6,11-14,17-18H2,1-4H3,(H,30,36). The number of nitrogens with one attached hydrogen (secondary N) is 2. The summed E-state index contributed by atoms with van der Waals surface area (Å²) in [6, 6.07) is 11.3. The van der Waals surface area contributed by atoms with Crippen molar-refractivity contribution in [2.75, 3.05) is 24.5 Å². The number of rotatable bonds is 11. The van der Waals surface area contributed by atoms with Crippen molar-refractivity contribution in [2.24, 2.45) is 11.0 Å². The summed E-state index contributed by atoms with van der Waals surface area (Å²) in [7, 11) is 0. The van der Waals surface area contributed by atoms with E-state index in [2.05, 4.69) is 46.5 Å². The third kappa shape index (κ3) is 6.91. The number of likely N-dealkylation sites (N-methyl/N-ethyl adjacent to an activating group) is 1. The number of anilines is 1. The van der Waals surface area contributed by atoms with Gasteiger partial charge < -0.3 is 20.4 Å². The van der Waals surface area contributed by atoms with Crippen LogP contribution in [0.5, 0.6) is 11.5 Å². The number of phenols is 2. The van der Waals surface area contributed by atoms with Gasteiger partial charge in [-0.05, 0) is 74.0 Å². The zero-order valence-corrected chi connectivity index (χ0v) is 22.0. The van der Waals surface area contributed by atoms with Crippen LogP contribution in [0.25, 0.3) is 0 Å². The molecule has 2 aromatic carbocycles. The summed E-state index contributed by atoms with van der Waals surface area (Å²) in [5, 5.41) is 27.6. The third-order valence-corrected chi connectivity index (χ3v) is 6.87. The number of benzene rings is 2. The minimum Gasteiger partial charge on any atom is -0.508 e. The lowest BCUT2D eigenvalue weighted by molar-refractivity contribution is -0.123. The first-order valence-corrected chi connectivity index (χ1v) is 12.8. The summed E-state index contributed by atoms with van der Waals surface area (Å²) < 4.78 is 0. The molecule has 8 nitrogen and oxygen atoms in total. The summed E-state index contributed by atoms with van der Waals surface area (Å²) in [4.78, 5) is 17.3. The van der Waals surface area contributed by atoms with Gasteiger partial charge in [-0.2, -0.15) is 5.10 Å². The second-order valence-corrected chi connectivity index (χ2v) is 10.0. The number of amides is 1. The van der Waals surface area contributed by atoms with E-state index >= 15 is 0 Å². The molecule has 1 fully saturated rings. The van der Waals surface area contributed by atoms with E-state index in [0.717, 1.165) is 36.8 Å². The van der Waals surface area contributed by atoms with Gasteiger partial charge in [-0.1, -0.05) is 32.9 Å². The van der Waals surface area contributed by atoms with E-state index in [1.54, 1.807) is 6.07 Å². The number of aromatic hydroxyl groups is 2. The van der Waals surface area contributed by atoms with E-state index in [1.807, 2.05) is 37.8 Å². The first kappa shape index (κ1) is 27.3. The molecule has 1 unspecified atom stereocenters. The highest BCUT2D eigenvalue weighted by Crippen LogP contribution is 2.34. The summed E-state index contributed by atoms with van der Waals surface area (Å²) in [5.74, 6) is 0.641. The average molecular weight is 496 g/mol. The minimum absolute atomic E-state index is 0.0286. The molecule has 1 amide bonds. The smallest absolute Gasteiger partial charge is 0.264 e. The van der Waals surface area contributed by atoms with Gasteiger partial charge in [0.2, 0.25) is 0 Å². The topological polar surface area (TPSA) is 100 Å². The maximum absolute atomic E-state index is 13.0. The number of carbonyl (C=O) groups excluding carboxylic acids is 1. The predicted octanol–water partition coefficient (Wildman–Crippen LogP) is 4.13. The molecule has 0 aliphatic carbocycles. The van der Waals surface area contributed by atoms with Gasteiger partial charge in [0.25, 0.3) is 5.91 Å². The normalized spacial score (nSPS) is 15.5.